The topological polar surface area (TPSA) is 75.4 Å². The maximum atomic E-state index is 11.3. The molecule has 0 bridgehead atoms. The molecule has 1 aliphatic rings. The van der Waals surface area contributed by atoms with Crippen molar-refractivity contribution in [2.75, 3.05) is 6.54 Å². The Bertz CT molecular complexity index is 200. The lowest BCUT2D eigenvalue weighted by Crippen LogP contribution is -2.46. The summed E-state index contributed by atoms with van der Waals surface area (Å²) in [6.07, 6.45) is 4.30. The molecule has 4 N–H and O–H groups in total. The minimum Gasteiger partial charge on any atom is -0.388 e. The van der Waals surface area contributed by atoms with E-state index in [9.17, 15) is 9.90 Å². The van der Waals surface area contributed by atoms with Crippen LogP contribution in [-0.4, -0.2) is 29.2 Å². The molecule has 0 aromatic rings. The van der Waals surface area contributed by atoms with Crippen molar-refractivity contribution in [1.82, 2.24) is 5.32 Å². The highest BCUT2D eigenvalue weighted by molar-refractivity contribution is 5.81. The van der Waals surface area contributed by atoms with E-state index in [0.717, 1.165) is 25.7 Å². The van der Waals surface area contributed by atoms with E-state index < -0.39 is 11.6 Å². The van der Waals surface area contributed by atoms with Gasteiger partial charge in [-0.3, -0.25) is 4.79 Å². The fraction of sp³-hybridized carbons (Fsp3) is 0.900. The summed E-state index contributed by atoms with van der Waals surface area (Å²) in [5.41, 5.74) is 4.87. The summed E-state index contributed by atoms with van der Waals surface area (Å²) in [5.74, 6) is -0.159. The first-order valence-corrected chi connectivity index (χ1v) is 5.33. The van der Waals surface area contributed by atoms with Crippen LogP contribution in [-0.2, 0) is 4.79 Å². The molecular formula is C10H20N2O2. The van der Waals surface area contributed by atoms with Gasteiger partial charge in [-0.2, -0.15) is 0 Å². The number of hydrogen-bond acceptors (Lipinski definition) is 3. The van der Waals surface area contributed by atoms with Crippen molar-refractivity contribution in [2.45, 2.75) is 50.7 Å². The largest absolute Gasteiger partial charge is 0.388 e. The number of carbonyl (C=O) groups is 1. The Morgan fingerprint density at radius 2 is 2.14 bits per heavy atom. The van der Waals surface area contributed by atoms with Gasteiger partial charge in [-0.15, -0.1) is 0 Å². The third-order valence-electron chi connectivity index (χ3n) is 2.90. The maximum Gasteiger partial charge on any atom is 0.237 e. The molecule has 0 spiro atoms. The van der Waals surface area contributed by atoms with Crippen LogP contribution >= 0.6 is 0 Å². The molecule has 1 rings (SSSR count). The van der Waals surface area contributed by atoms with E-state index in [1.54, 1.807) is 0 Å². The number of nitrogens with one attached hydrogen (secondary N) is 1. The Balaban J connectivity index is 2.29. The van der Waals surface area contributed by atoms with Crippen molar-refractivity contribution in [1.29, 1.82) is 0 Å². The van der Waals surface area contributed by atoms with E-state index in [1.807, 2.05) is 6.92 Å². The molecule has 1 fully saturated rings. The fourth-order valence-electron chi connectivity index (χ4n) is 1.78. The van der Waals surface area contributed by atoms with Gasteiger partial charge in [0.15, 0.2) is 0 Å². The van der Waals surface area contributed by atoms with Crippen LogP contribution in [0.15, 0.2) is 0 Å². The van der Waals surface area contributed by atoms with Crippen LogP contribution in [0.1, 0.15) is 39.0 Å². The molecule has 0 saturated heterocycles. The van der Waals surface area contributed by atoms with Crippen molar-refractivity contribution < 1.29 is 9.90 Å². The number of hydrogen-bond donors (Lipinski definition) is 3. The molecule has 4 heteroatoms. The van der Waals surface area contributed by atoms with E-state index in [0.29, 0.717) is 13.0 Å². The predicted octanol–water partition coefficient (Wildman–Crippen LogP) is 0.145. The van der Waals surface area contributed by atoms with E-state index in [1.165, 1.54) is 0 Å². The van der Waals surface area contributed by atoms with E-state index in [4.69, 9.17) is 5.73 Å². The Hall–Kier alpha value is -0.610. The number of rotatable bonds is 4. The van der Waals surface area contributed by atoms with Crippen LogP contribution in [0.4, 0.5) is 0 Å². The van der Waals surface area contributed by atoms with Crippen LogP contribution in [0.3, 0.4) is 0 Å². The van der Waals surface area contributed by atoms with Crippen molar-refractivity contribution in [2.24, 2.45) is 5.73 Å². The maximum absolute atomic E-state index is 11.3. The average Bonchev–Trinajstić information content (AvgIpc) is 2.61. The monoisotopic (exact) mass is 200 g/mol. The molecule has 1 atom stereocenters. The van der Waals surface area contributed by atoms with Crippen molar-refractivity contribution in [3.63, 3.8) is 0 Å². The van der Waals surface area contributed by atoms with E-state index in [-0.39, 0.29) is 5.91 Å². The van der Waals surface area contributed by atoms with Gasteiger partial charge in [0.2, 0.25) is 5.91 Å². The first-order chi connectivity index (χ1) is 6.57. The smallest absolute Gasteiger partial charge is 0.237 e. The molecule has 0 aromatic carbocycles. The predicted molar refractivity (Wildman–Crippen MR) is 54.7 cm³/mol. The van der Waals surface area contributed by atoms with Gasteiger partial charge in [-0.1, -0.05) is 19.8 Å². The molecule has 0 radical (unpaired) electrons. The highest BCUT2D eigenvalue weighted by atomic mass is 16.3. The zero-order valence-electron chi connectivity index (χ0n) is 8.75. The summed E-state index contributed by atoms with van der Waals surface area (Å²) in [4.78, 5) is 11.3. The minimum absolute atomic E-state index is 0.159. The van der Waals surface area contributed by atoms with Crippen LogP contribution in [0.5, 0.6) is 0 Å². The van der Waals surface area contributed by atoms with Gasteiger partial charge in [0.1, 0.15) is 0 Å². The van der Waals surface area contributed by atoms with Crippen molar-refractivity contribution >= 4 is 5.91 Å². The number of carbonyl (C=O) groups excluding carboxylic acids is 1. The van der Waals surface area contributed by atoms with Gasteiger partial charge >= 0.3 is 0 Å². The van der Waals surface area contributed by atoms with Gasteiger partial charge in [-0.05, 0) is 19.3 Å². The highest BCUT2D eigenvalue weighted by Crippen LogP contribution is 2.28. The number of aliphatic hydroxyl groups is 1. The molecular weight excluding hydrogens is 180 g/mol. The van der Waals surface area contributed by atoms with Gasteiger partial charge in [-0.25, -0.2) is 0 Å². The van der Waals surface area contributed by atoms with Gasteiger partial charge in [0.05, 0.1) is 11.6 Å². The van der Waals surface area contributed by atoms with Gasteiger partial charge < -0.3 is 16.2 Å². The van der Waals surface area contributed by atoms with Crippen molar-refractivity contribution in [3.05, 3.63) is 0 Å². The van der Waals surface area contributed by atoms with E-state index >= 15 is 0 Å². The van der Waals surface area contributed by atoms with E-state index in [2.05, 4.69) is 5.32 Å². The second-order valence-corrected chi connectivity index (χ2v) is 4.16. The van der Waals surface area contributed by atoms with Crippen LogP contribution in [0.2, 0.25) is 0 Å². The lowest BCUT2D eigenvalue weighted by molar-refractivity contribution is -0.123. The number of amides is 1. The van der Waals surface area contributed by atoms with Crippen LogP contribution < -0.4 is 11.1 Å². The first-order valence-electron chi connectivity index (χ1n) is 5.33. The minimum atomic E-state index is -0.677. The normalized spacial score (nSPS) is 21.9. The summed E-state index contributed by atoms with van der Waals surface area (Å²) in [5, 5.41) is 12.6. The molecule has 1 aliphatic carbocycles. The average molecular weight is 200 g/mol. The summed E-state index contributed by atoms with van der Waals surface area (Å²) >= 11 is 0. The molecule has 1 saturated carbocycles. The molecule has 1 amide bonds. The molecule has 0 aromatic heterocycles. The third-order valence-corrected chi connectivity index (χ3v) is 2.90. The fourth-order valence-corrected chi connectivity index (χ4v) is 1.78. The summed E-state index contributed by atoms with van der Waals surface area (Å²) in [6.45, 7) is 2.22. The van der Waals surface area contributed by atoms with Gasteiger partial charge in [0.25, 0.3) is 0 Å². The Kier molecular flexibility index (Phi) is 3.89. The Labute approximate surface area is 84.9 Å². The summed E-state index contributed by atoms with van der Waals surface area (Å²) < 4.78 is 0. The lowest BCUT2D eigenvalue weighted by Gasteiger charge is -2.23. The molecule has 0 aliphatic heterocycles. The zero-order chi connectivity index (χ0) is 10.6. The van der Waals surface area contributed by atoms with Gasteiger partial charge in [0, 0.05) is 6.54 Å². The third kappa shape index (κ3) is 2.96. The number of nitrogens with two attached hydrogens (primary N) is 1. The summed E-state index contributed by atoms with van der Waals surface area (Å²) in [7, 11) is 0. The SMILES string of the molecule is CC[C@@H](N)C(=O)NCC1(O)CCCC1. The molecule has 0 unspecified atom stereocenters. The Morgan fingerprint density at radius 1 is 1.57 bits per heavy atom. The Morgan fingerprint density at radius 3 is 2.64 bits per heavy atom. The second-order valence-electron chi connectivity index (χ2n) is 4.16. The summed E-state index contributed by atoms with van der Waals surface area (Å²) in [6, 6.07) is -0.444. The molecule has 82 valence electrons. The first kappa shape index (κ1) is 11.5. The molecule has 14 heavy (non-hydrogen) atoms. The molecule has 4 nitrogen and oxygen atoms in total. The van der Waals surface area contributed by atoms with Crippen molar-refractivity contribution in [3.8, 4) is 0 Å². The second kappa shape index (κ2) is 4.75. The standard InChI is InChI=1S/C10H20N2O2/c1-2-8(11)9(13)12-7-10(14)5-3-4-6-10/h8,14H,2-7,11H2,1H3,(H,12,13)/t8-/m1/s1. The molecule has 0 heterocycles. The lowest BCUT2D eigenvalue weighted by atomic mass is 10.0. The van der Waals surface area contributed by atoms with Crippen LogP contribution in [0.25, 0.3) is 0 Å². The quantitative estimate of drug-likeness (QED) is 0.604. The highest BCUT2D eigenvalue weighted by Gasteiger charge is 2.31. The zero-order valence-corrected chi connectivity index (χ0v) is 8.75. The van der Waals surface area contributed by atoms with Crippen LogP contribution in [0, 0.1) is 0 Å².